The van der Waals surface area contributed by atoms with Gasteiger partial charge in [-0.05, 0) is 68.3 Å². The van der Waals surface area contributed by atoms with Crippen LogP contribution in [0.5, 0.6) is 11.5 Å². The predicted octanol–water partition coefficient (Wildman–Crippen LogP) is 5.31. The topological polar surface area (TPSA) is 92.3 Å². The number of thioether (sulfide) groups is 1. The van der Waals surface area contributed by atoms with Crippen molar-refractivity contribution in [2.24, 2.45) is 16.0 Å². The van der Waals surface area contributed by atoms with E-state index in [1.165, 1.54) is 36.0 Å². The van der Waals surface area contributed by atoms with Crippen molar-refractivity contribution in [2.45, 2.75) is 46.0 Å². The van der Waals surface area contributed by atoms with Crippen LogP contribution in [0, 0.1) is 25.2 Å². The molecule has 1 amide bonds. The van der Waals surface area contributed by atoms with E-state index in [4.69, 9.17) is 20.0 Å². The molecule has 0 radical (unpaired) electrons. The lowest BCUT2D eigenvalue weighted by atomic mass is 9.90. The summed E-state index contributed by atoms with van der Waals surface area (Å²) in [5.74, 6) is 1.49. The van der Waals surface area contributed by atoms with Crippen LogP contribution in [-0.4, -0.2) is 45.7 Å². The zero-order chi connectivity index (χ0) is 24.7. The lowest BCUT2D eigenvalue weighted by Gasteiger charge is -2.20. The van der Waals surface area contributed by atoms with Gasteiger partial charge in [-0.15, -0.1) is 0 Å². The highest BCUT2D eigenvalue weighted by atomic mass is 32.2. The van der Waals surface area contributed by atoms with Gasteiger partial charge in [0.25, 0.3) is 5.91 Å². The van der Waals surface area contributed by atoms with Gasteiger partial charge in [0.1, 0.15) is 16.5 Å². The zero-order valence-electron chi connectivity index (χ0n) is 20.4. The molecule has 8 nitrogen and oxygen atoms in total. The SMILES string of the molecule is COc1ccc(OC)c(-n2c(C)cc(/C=C3\C(=N)N4N=C(C5CCCCC5)SC4=NC3=O)c2C)c1. The summed E-state index contributed by atoms with van der Waals surface area (Å²) in [6.07, 6.45) is 7.63. The highest BCUT2D eigenvalue weighted by Crippen LogP contribution is 2.37. The monoisotopic (exact) mass is 491 g/mol. The first-order chi connectivity index (χ1) is 16.9. The molecule has 1 fully saturated rings. The van der Waals surface area contributed by atoms with Crippen LogP contribution in [0.4, 0.5) is 0 Å². The summed E-state index contributed by atoms with van der Waals surface area (Å²) in [4.78, 5) is 17.2. The van der Waals surface area contributed by atoms with Crippen molar-refractivity contribution in [1.29, 1.82) is 5.41 Å². The standard InChI is InChI=1S/C26H29N5O3S/c1-15-12-18(16(2)30(15)21-14-19(33-3)10-11-22(21)34-4)13-20-23(27)31-26(28-24(20)32)35-25(29-31)17-8-6-5-7-9-17/h10-14,17,27H,5-9H2,1-4H3/b20-13+,27-23?. The van der Waals surface area contributed by atoms with Gasteiger partial charge in [-0.2, -0.15) is 15.1 Å². The molecule has 182 valence electrons. The van der Waals surface area contributed by atoms with Gasteiger partial charge in [0.05, 0.1) is 25.5 Å². The molecule has 5 rings (SSSR count). The highest BCUT2D eigenvalue weighted by molar-refractivity contribution is 8.27. The predicted molar refractivity (Wildman–Crippen MR) is 140 cm³/mol. The van der Waals surface area contributed by atoms with Crippen LogP contribution in [0.1, 0.15) is 49.1 Å². The van der Waals surface area contributed by atoms with E-state index in [9.17, 15) is 4.79 Å². The fourth-order valence-corrected chi connectivity index (χ4v) is 6.01. The Morgan fingerprint density at radius 2 is 1.89 bits per heavy atom. The van der Waals surface area contributed by atoms with Crippen molar-refractivity contribution in [3.63, 3.8) is 0 Å². The minimum Gasteiger partial charge on any atom is -0.497 e. The third-order valence-corrected chi connectivity index (χ3v) is 7.89. The Bertz CT molecular complexity index is 1300. The molecule has 1 aliphatic carbocycles. The number of hydrazone groups is 1. The Morgan fingerprint density at radius 3 is 2.60 bits per heavy atom. The first-order valence-corrected chi connectivity index (χ1v) is 12.6. The number of amidine groups is 2. The summed E-state index contributed by atoms with van der Waals surface area (Å²) in [6.45, 7) is 3.98. The number of aliphatic imine (C=N–C) groups is 1. The first kappa shape index (κ1) is 23.4. The van der Waals surface area contributed by atoms with Crippen molar-refractivity contribution in [3.05, 3.63) is 46.8 Å². The number of aromatic nitrogens is 1. The second kappa shape index (κ2) is 9.37. The van der Waals surface area contributed by atoms with E-state index in [-0.39, 0.29) is 11.4 Å². The smallest absolute Gasteiger partial charge is 0.283 e. The summed E-state index contributed by atoms with van der Waals surface area (Å²) in [5.41, 5.74) is 3.80. The number of fused-ring (bicyclic) bond motifs is 1. The Hall–Kier alpha value is -3.33. The average Bonchev–Trinajstić information content (AvgIpc) is 3.42. The molecule has 35 heavy (non-hydrogen) atoms. The van der Waals surface area contributed by atoms with Gasteiger partial charge in [0, 0.05) is 23.4 Å². The van der Waals surface area contributed by atoms with E-state index in [0.717, 1.165) is 46.3 Å². The molecule has 2 aromatic rings. The molecule has 3 heterocycles. The Labute approximate surface area is 209 Å². The number of methoxy groups -OCH3 is 2. The number of nitrogens with zero attached hydrogens (tertiary/aromatic N) is 4. The Morgan fingerprint density at radius 1 is 1.11 bits per heavy atom. The molecule has 1 aromatic heterocycles. The third kappa shape index (κ3) is 4.18. The maximum Gasteiger partial charge on any atom is 0.283 e. The number of carbonyl (C=O) groups is 1. The number of carbonyl (C=O) groups excluding carboxylic acids is 1. The highest BCUT2D eigenvalue weighted by Gasteiger charge is 2.38. The Balaban J connectivity index is 1.50. The summed E-state index contributed by atoms with van der Waals surface area (Å²) in [5, 5.41) is 16.5. The molecule has 1 saturated carbocycles. The molecule has 0 spiro atoms. The molecular weight excluding hydrogens is 462 g/mol. The van der Waals surface area contributed by atoms with Gasteiger partial charge in [0.2, 0.25) is 5.17 Å². The quantitative estimate of drug-likeness (QED) is 0.572. The second-order valence-corrected chi connectivity index (χ2v) is 9.98. The largest absolute Gasteiger partial charge is 0.497 e. The van der Waals surface area contributed by atoms with Crippen molar-refractivity contribution in [3.8, 4) is 17.2 Å². The van der Waals surface area contributed by atoms with Gasteiger partial charge in [-0.25, -0.2) is 0 Å². The number of hydrogen-bond acceptors (Lipinski definition) is 6. The van der Waals surface area contributed by atoms with Gasteiger partial charge in [-0.1, -0.05) is 19.3 Å². The van der Waals surface area contributed by atoms with Crippen molar-refractivity contribution in [2.75, 3.05) is 14.2 Å². The van der Waals surface area contributed by atoms with Crippen LogP contribution in [-0.2, 0) is 4.79 Å². The zero-order valence-corrected chi connectivity index (χ0v) is 21.2. The van der Waals surface area contributed by atoms with E-state index in [0.29, 0.717) is 16.8 Å². The lowest BCUT2D eigenvalue weighted by Crippen LogP contribution is -2.35. The maximum absolute atomic E-state index is 13.0. The minimum atomic E-state index is -0.405. The molecule has 2 aliphatic heterocycles. The average molecular weight is 492 g/mol. The van der Waals surface area contributed by atoms with Crippen LogP contribution < -0.4 is 9.47 Å². The molecule has 0 bridgehead atoms. The van der Waals surface area contributed by atoms with E-state index in [1.807, 2.05) is 38.1 Å². The molecule has 0 unspecified atom stereocenters. The van der Waals surface area contributed by atoms with Crippen LogP contribution in [0.2, 0.25) is 0 Å². The maximum atomic E-state index is 13.0. The normalized spacial score (nSPS) is 19.7. The number of hydrogen-bond donors (Lipinski definition) is 1. The number of ether oxygens (including phenoxy) is 2. The van der Waals surface area contributed by atoms with Crippen molar-refractivity contribution >= 4 is 39.8 Å². The van der Waals surface area contributed by atoms with Gasteiger partial charge in [-0.3, -0.25) is 10.2 Å². The number of rotatable bonds is 5. The van der Waals surface area contributed by atoms with E-state index in [2.05, 4.69) is 9.56 Å². The van der Waals surface area contributed by atoms with Crippen LogP contribution in [0.15, 0.2) is 39.9 Å². The molecule has 9 heteroatoms. The summed E-state index contributed by atoms with van der Waals surface area (Å²) >= 11 is 1.44. The summed E-state index contributed by atoms with van der Waals surface area (Å²) < 4.78 is 13.1. The molecule has 3 aliphatic rings. The summed E-state index contributed by atoms with van der Waals surface area (Å²) in [7, 11) is 3.26. The first-order valence-electron chi connectivity index (χ1n) is 11.8. The van der Waals surface area contributed by atoms with E-state index < -0.39 is 5.91 Å². The fourth-order valence-electron chi connectivity index (χ4n) is 4.95. The minimum absolute atomic E-state index is 0.0714. The van der Waals surface area contributed by atoms with E-state index in [1.54, 1.807) is 20.3 Å². The molecular formula is C26H29N5O3S. The van der Waals surface area contributed by atoms with Gasteiger partial charge < -0.3 is 14.0 Å². The molecule has 1 aromatic carbocycles. The molecule has 0 saturated heterocycles. The number of nitrogens with one attached hydrogen (secondary N) is 1. The second-order valence-electron chi connectivity index (χ2n) is 8.99. The lowest BCUT2D eigenvalue weighted by molar-refractivity contribution is -0.114. The number of amides is 1. The molecule has 1 N–H and O–H groups in total. The number of benzene rings is 1. The van der Waals surface area contributed by atoms with Crippen molar-refractivity contribution < 1.29 is 14.3 Å². The van der Waals surface area contributed by atoms with Crippen LogP contribution in [0.3, 0.4) is 0 Å². The Kier molecular flexibility index (Phi) is 6.27. The molecule has 0 atom stereocenters. The number of aryl methyl sites for hydroxylation is 1. The van der Waals surface area contributed by atoms with Crippen LogP contribution >= 0.6 is 11.8 Å². The van der Waals surface area contributed by atoms with Crippen molar-refractivity contribution in [1.82, 2.24) is 9.58 Å². The third-order valence-electron chi connectivity index (χ3n) is 6.82. The van der Waals surface area contributed by atoms with Gasteiger partial charge >= 0.3 is 0 Å². The summed E-state index contributed by atoms with van der Waals surface area (Å²) in [6, 6.07) is 7.64. The fraction of sp³-hybridized carbons (Fsp3) is 0.385. The van der Waals surface area contributed by atoms with Crippen LogP contribution in [0.25, 0.3) is 11.8 Å². The van der Waals surface area contributed by atoms with Gasteiger partial charge in [0.15, 0.2) is 5.84 Å². The van der Waals surface area contributed by atoms with E-state index >= 15 is 0 Å².